The minimum Gasteiger partial charge on any atom is -0.480 e. The molecule has 0 saturated heterocycles. The van der Waals surface area contributed by atoms with Crippen LogP contribution in [-0.2, 0) is 22.4 Å². The van der Waals surface area contributed by atoms with Crippen molar-refractivity contribution >= 4 is 28.2 Å². The van der Waals surface area contributed by atoms with Crippen molar-refractivity contribution < 1.29 is 19.1 Å². The second kappa shape index (κ2) is 8.78. The number of thiophene rings is 1. The van der Waals surface area contributed by atoms with Crippen LogP contribution in [0.2, 0.25) is 0 Å². The molecule has 0 bridgehead atoms. The summed E-state index contributed by atoms with van der Waals surface area (Å²) in [5.74, 6) is 0.0750. The number of hydrogen-bond acceptors (Lipinski definition) is 5. The SMILES string of the molecule is CC[C@H](Oc1cccc(C)c1C)C(=O)Nc1sc2c(c1C(=O)OC)CCCC2. The molecular formula is C22H27NO4S. The summed E-state index contributed by atoms with van der Waals surface area (Å²) < 4.78 is 11.0. The molecule has 0 aliphatic heterocycles. The largest absolute Gasteiger partial charge is 0.480 e. The number of benzene rings is 1. The zero-order chi connectivity index (χ0) is 20.3. The summed E-state index contributed by atoms with van der Waals surface area (Å²) in [6.45, 7) is 5.91. The van der Waals surface area contributed by atoms with Gasteiger partial charge in [-0.25, -0.2) is 4.79 Å². The van der Waals surface area contributed by atoms with Crippen LogP contribution in [0.3, 0.4) is 0 Å². The Morgan fingerprint density at radius 2 is 1.96 bits per heavy atom. The number of hydrogen-bond donors (Lipinski definition) is 1. The van der Waals surface area contributed by atoms with Gasteiger partial charge in [-0.15, -0.1) is 11.3 Å². The third kappa shape index (κ3) is 4.07. The van der Waals surface area contributed by atoms with Crippen molar-refractivity contribution in [2.24, 2.45) is 0 Å². The van der Waals surface area contributed by atoms with Gasteiger partial charge in [-0.3, -0.25) is 4.79 Å². The van der Waals surface area contributed by atoms with Crippen molar-refractivity contribution in [3.63, 3.8) is 0 Å². The lowest BCUT2D eigenvalue weighted by molar-refractivity contribution is -0.122. The zero-order valence-corrected chi connectivity index (χ0v) is 17.7. The van der Waals surface area contributed by atoms with Crippen LogP contribution in [0.5, 0.6) is 5.75 Å². The molecule has 1 atom stereocenters. The van der Waals surface area contributed by atoms with Gasteiger partial charge in [0.1, 0.15) is 10.8 Å². The molecule has 0 radical (unpaired) electrons. The fraction of sp³-hybridized carbons (Fsp3) is 0.455. The van der Waals surface area contributed by atoms with E-state index in [-0.39, 0.29) is 5.91 Å². The first-order valence-electron chi connectivity index (χ1n) is 9.72. The normalized spacial score (nSPS) is 14.1. The van der Waals surface area contributed by atoms with Crippen molar-refractivity contribution in [3.8, 4) is 5.75 Å². The second-order valence-electron chi connectivity index (χ2n) is 7.11. The van der Waals surface area contributed by atoms with Gasteiger partial charge in [0.25, 0.3) is 5.91 Å². The third-order valence-corrected chi connectivity index (χ3v) is 6.49. The molecule has 1 aromatic heterocycles. The minimum atomic E-state index is -0.634. The van der Waals surface area contributed by atoms with Crippen molar-refractivity contribution in [2.75, 3.05) is 12.4 Å². The van der Waals surface area contributed by atoms with E-state index in [1.807, 2.05) is 39.0 Å². The monoisotopic (exact) mass is 401 g/mol. The van der Waals surface area contributed by atoms with E-state index in [0.29, 0.717) is 22.7 Å². The highest BCUT2D eigenvalue weighted by Crippen LogP contribution is 2.38. The lowest BCUT2D eigenvalue weighted by atomic mass is 9.95. The summed E-state index contributed by atoms with van der Waals surface area (Å²) >= 11 is 1.49. The van der Waals surface area contributed by atoms with Crippen LogP contribution < -0.4 is 10.1 Å². The molecule has 2 aromatic rings. The van der Waals surface area contributed by atoms with Gasteiger partial charge < -0.3 is 14.8 Å². The summed E-state index contributed by atoms with van der Waals surface area (Å²) in [7, 11) is 1.37. The van der Waals surface area contributed by atoms with Crippen molar-refractivity contribution in [3.05, 3.63) is 45.3 Å². The number of nitrogens with one attached hydrogen (secondary N) is 1. The number of esters is 1. The van der Waals surface area contributed by atoms with Gasteiger partial charge in [-0.1, -0.05) is 19.1 Å². The lowest BCUT2D eigenvalue weighted by Crippen LogP contribution is -2.32. The Morgan fingerprint density at radius 3 is 2.68 bits per heavy atom. The van der Waals surface area contributed by atoms with Crippen LogP contribution in [0.4, 0.5) is 5.00 Å². The number of anilines is 1. The van der Waals surface area contributed by atoms with Gasteiger partial charge in [-0.2, -0.15) is 0 Å². The first kappa shape index (κ1) is 20.4. The molecule has 1 aromatic carbocycles. The van der Waals surface area contributed by atoms with Crippen LogP contribution in [-0.4, -0.2) is 25.1 Å². The fourth-order valence-electron chi connectivity index (χ4n) is 3.49. The highest BCUT2D eigenvalue weighted by molar-refractivity contribution is 7.17. The predicted molar refractivity (Wildman–Crippen MR) is 112 cm³/mol. The van der Waals surface area contributed by atoms with E-state index >= 15 is 0 Å². The molecule has 1 N–H and O–H groups in total. The van der Waals surface area contributed by atoms with E-state index < -0.39 is 12.1 Å². The first-order chi connectivity index (χ1) is 13.5. The van der Waals surface area contributed by atoms with E-state index in [4.69, 9.17) is 9.47 Å². The Bertz CT molecular complexity index is 887. The number of carbonyl (C=O) groups excluding carboxylic acids is 2. The Hall–Kier alpha value is -2.34. The van der Waals surface area contributed by atoms with Gasteiger partial charge in [-0.05, 0) is 68.7 Å². The molecule has 0 fully saturated rings. The molecule has 0 saturated carbocycles. The molecular weight excluding hydrogens is 374 g/mol. The second-order valence-corrected chi connectivity index (χ2v) is 8.21. The van der Waals surface area contributed by atoms with Gasteiger partial charge in [0, 0.05) is 4.88 Å². The first-order valence-corrected chi connectivity index (χ1v) is 10.5. The molecule has 1 aliphatic rings. The summed E-state index contributed by atoms with van der Waals surface area (Å²) in [5.41, 5.74) is 3.68. The predicted octanol–water partition coefficient (Wildman–Crippen LogP) is 4.83. The van der Waals surface area contributed by atoms with E-state index in [1.54, 1.807) is 0 Å². The molecule has 5 nitrogen and oxygen atoms in total. The lowest BCUT2D eigenvalue weighted by Gasteiger charge is -2.19. The maximum absolute atomic E-state index is 12.9. The summed E-state index contributed by atoms with van der Waals surface area (Å²) in [4.78, 5) is 26.5. The Morgan fingerprint density at radius 1 is 1.21 bits per heavy atom. The Kier molecular flexibility index (Phi) is 6.39. The van der Waals surface area contributed by atoms with Crippen molar-refractivity contribution in [1.29, 1.82) is 0 Å². The molecule has 1 heterocycles. The maximum atomic E-state index is 12.9. The Labute approximate surface area is 170 Å². The number of aryl methyl sites for hydroxylation is 2. The number of carbonyl (C=O) groups is 2. The van der Waals surface area contributed by atoms with Crippen molar-refractivity contribution in [1.82, 2.24) is 0 Å². The van der Waals surface area contributed by atoms with Crippen LogP contribution in [0.25, 0.3) is 0 Å². The van der Waals surface area contributed by atoms with Crippen LogP contribution in [0.15, 0.2) is 18.2 Å². The third-order valence-electron chi connectivity index (χ3n) is 5.28. The molecule has 0 unspecified atom stereocenters. The average Bonchev–Trinajstić information content (AvgIpc) is 3.06. The van der Waals surface area contributed by atoms with Crippen molar-refractivity contribution in [2.45, 2.75) is 59.0 Å². The fourth-order valence-corrected chi connectivity index (χ4v) is 4.77. The van der Waals surface area contributed by atoms with Gasteiger partial charge in [0.2, 0.25) is 0 Å². The molecule has 1 aliphatic carbocycles. The van der Waals surface area contributed by atoms with E-state index in [9.17, 15) is 9.59 Å². The Balaban J connectivity index is 1.84. The number of methoxy groups -OCH3 is 1. The molecule has 28 heavy (non-hydrogen) atoms. The number of rotatable bonds is 6. The standard InChI is InChI=1S/C22H27NO4S/c1-5-16(27-17-11-8-9-13(2)14(17)3)20(24)23-21-19(22(25)26-4)15-10-6-7-12-18(15)28-21/h8-9,11,16H,5-7,10,12H2,1-4H3,(H,23,24)/t16-/m0/s1. The highest BCUT2D eigenvalue weighted by Gasteiger charge is 2.29. The molecule has 3 rings (SSSR count). The topological polar surface area (TPSA) is 64.6 Å². The van der Waals surface area contributed by atoms with Crippen LogP contribution >= 0.6 is 11.3 Å². The molecule has 0 spiro atoms. The molecule has 6 heteroatoms. The number of amides is 1. The van der Waals surface area contributed by atoms with Gasteiger partial charge in [0.05, 0.1) is 12.7 Å². The van der Waals surface area contributed by atoms with Crippen LogP contribution in [0, 0.1) is 13.8 Å². The molecule has 1 amide bonds. The molecule has 150 valence electrons. The van der Waals surface area contributed by atoms with Crippen LogP contribution in [0.1, 0.15) is 58.1 Å². The number of fused-ring (bicyclic) bond motifs is 1. The van der Waals surface area contributed by atoms with E-state index in [2.05, 4.69) is 5.32 Å². The summed E-state index contributed by atoms with van der Waals surface area (Å²) in [6.07, 6.45) is 3.84. The van der Waals surface area contributed by atoms with Gasteiger partial charge in [0.15, 0.2) is 6.10 Å². The number of ether oxygens (including phenoxy) is 2. The maximum Gasteiger partial charge on any atom is 0.341 e. The van der Waals surface area contributed by atoms with Gasteiger partial charge >= 0.3 is 5.97 Å². The summed E-state index contributed by atoms with van der Waals surface area (Å²) in [5, 5.41) is 3.52. The minimum absolute atomic E-state index is 0.243. The smallest absolute Gasteiger partial charge is 0.341 e. The average molecular weight is 402 g/mol. The van der Waals surface area contributed by atoms with E-state index in [1.165, 1.54) is 23.3 Å². The highest BCUT2D eigenvalue weighted by atomic mass is 32.1. The van der Waals surface area contributed by atoms with E-state index in [0.717, 1.165) is 42.4 Å². The quantitative estimate of drug-likeness (QED) is 0.705. The zero-order valence-electron chi connectivity index (χ0n) is 16.9. The summed E-state index contributed by atoms with van der Waals surface area (Å²) in [6, 6.07) is 5.81.